The maximum atomic E-state index is 6.02. The van der Waals surface area contributed by atoms with Crippen LogP contribution in [0.15, 0.2) is 30.8 Å². The number of aryl methyl sites for hydroxylation is 1. The Balaban J connectivity index is 0.000000151. The molecule has 2 aromatic carbocycles. The highest BCUT2D eigenvalue weighted by Crippen LogP contribution is 2.27. The number of aromatic amines is 2. The van der Waals surface area contributed by atoms with E-state index in [0.29, 0.717) is 16.7 Å². The van der Waals surface area contributed by atoms with E-state index in [2.05, 4.69) is 33.9 Å². The highest BCUT2D eigenvalue weighted by molar-refractivity contribution is 6.33. The molecule has 8 heteroatoms. The van der Waals surface area contributed by atoms with Crippen molar-refractivity contribution in [1.29, 1.82) is 0 Å². The van der Waals surface area contributed by atoms with Gasteiger partial charge in [0.2, 0.25) is 0 Å². The Labute approximate surface area is 160 Å². The number of nitrogens with one attached hydrogen (secondary N) is 2. The van der Waals surface area contributed by atoms with Gasteiger partial charge < -0.3 is 11.5 Å². The van der Waals surface area contributed by atoms with Crippen LogP contribution in [-0.4, -0.2) is 20.4 Å². The molecule has 0 unspecified atom stereocenters. The van der Waals surface area contributed by atoms with E-state index in [1.54, 1.807) is 12.1 Å². The average molecular weight is 389 g/mol. The minimum atomic E-state index is 0.481. The number of H-pyrrole nitrogens is 2. The summed E-state index contributed by atoms with van der Waals surface area (Å²) in [6, 6.07) is 7.50. The second-order valence-corrected chi connectivity index (χ2v) is 6.50. The molecule has 26 heavy (non-hydrogen) atoms. The van der Waals surface area contributed by atoms with Crippen molar-refractivity contribution in [3.05, 3.63) is 52.0 Å². The summed E-state index contributed by atoms with van der Waals surface area (Å²) in [6.45, 7) is 5.72. The van der Waals surface area contributed by atoms with Crippen LogP contribution in [0.4, 0.5) is 11.6 Å². The van der Waals surface area contributed by atoms with E-state index in [-0.39, 0.29) is 0 Å². The second-order valence-electron chi connectivity index (χ2n) is 5.68. The van der Waals surface area contributed by atoms with Gasteiger partial charge in [0.15, 0.2) is 11.6 Å². The minimum absolute atomic E-state index is 0.481. The van der Waals surface area contributed by atoms with Crippen molar-refractivity contribution < 1.29 is 0 Å². The molecule has 0 atom stereocenters. The smallest absolute Gasteiger partial charge is 0.153 e. The van der Waals surface area contributed by atoms with E-state index >= 15 is 0 Å². The summed E-state index contributed by atoms with van der Waals surface area (Å²) in [5, 5.41) is 16.6. The van der Waals surface area contributed by atoms with Crippen LogP contribution in [0.2, 0.25) is 10.0 Å². The van der Waals surface area contributed by atoms with Crippen LogP contribution in [0.5, 0.6) is 0 Å². The lowest BCUT2D eigenvalue weighted by Gasteiger charge is -2.00. The molecule has 0 aliphatic heterocycles. The van der Waals surface area contributed by atoms with Crippen molar-refractivity contribution in [2.45, 2.75) is 13.3 Å². The summed E-state index contributed by atoms with van der Waals surface area (Å²) in [4.78, 5) is 0. The van der Waals surface area contributed by atoms with E-state index < -0.39 is 0 Å². The fraction of sp³-hybridized carbons (Fsp3) is 0.111. The van der Waals surface area contributed by atoms with E-state index in [9.17, 15) is 0 Å². The summed E-state index contributed by atoms with van der Waals surface area (Å²) in [5.74, 6) is 1.01. The standard InChI is InChI=1S/C9H10ClN3.C9H8ClN3/c2*1-2-5-3-6-8(4-7(5)10)12-13-9(6)11/h3-4H,2H2,1H3,(H3,11,12,13);2-4H,1H2,(H3,11,12,13). The van der Waals surface area contributed by atoms with Crippen molar-refractivity contribution in [3.63, 3.8) is 0 Å². The topological polar surface area (TPSA) is 109 Å². The fourth-order valence-electron chi connectivity index (χ4n) is 2.61. The number of benzene rings is 2. The Morgan fingerprint density at radius 1 is 0.962 bits per heavy atom. The fourth-order valence-corrected chi connectivity index (χ4v) is 3.14. The molecule has 0 saturated heterocycles. The summed E-state index contributed by atoms with van der Waals surface area (Å²) in [7, 11) is 0. The number of hydrogen-bond donors (Lipinski definition) is 4. The Kier molecular flexibility index (Phi) is 5.06. The van der Waals surface area contributed by atoms with Crippen molar-refractivity contribution in [3.8, 4) is 0 Å². The monoisotopic (exact) mass is 388 g/mol. The van der Waals surface area contributed by atoms with Gasteiger partial charge in [-0.25, -0.2) is 0 Å². The van der Waals surface area contributed by atoms with E-state index in [1.165, 1.54) is 0 Å². The number of nitrogens with two attached hydrogens (primary N) is 2. The van der Waals surface area contributed by atoms with Crippen LogP contribution < -0.4 is 11.5 Å². The normalized spacial score (nSPS) is 10.7. The number of aromatic nitrogens is 4. The van der Waals surface area contributed by atoms with Crippen LogP contribution >= 0.6 is 23.2 Å². The van der Waals surface area contributed by atoms with Crippen LogP contribution in [0.1, 0.15) is 18.1 Å². The van der Waals surface area contributed by atoms with E-state index in [0.717, 1.165) is 44.4 Å². The predicted octanol–water partition coefficient (Wildman–Crippen LogP) is 4.80. The number of fused-ring (bicyclic) bond motifs is 2. The molecule has 0 spiro atoms. The number of nitrogens with zero attached hydrogens (tertiary/aromatic N) is 2. The Bertz CT molecular complexity index is 1100. The van der Waals surface area contributed by atoms with Crippen LogP contribution in [0.3, 0.4) is 0 Å². The molecule has 4 aromatic rings. The first-order valence-electron chi connectivity index (χ1n) is 7.92. The summed E-state index contributed by atoms with van der Waals surface area (Å²) in [6.07, 6.45) is 2.59. The zero-order chi connectivity index (χ0) is 18.8. The number of anilines is 2. The van der Waals surface area contributed by atoms with Gasteiger partial charge in [0.25, 0.3) is 0 Å². The zero-order valence-corrected chi connectivity index (χ0v) is 15.6. The molecule has 2 aromatic heterocycles. The Hall–Kier alpha value is -2.70. The molecule has 0 aliphatic carbocycles. The maximum Gasteiger partial charge on any atom is 0.153 e. The molecule has 0 saturated carbocycles. The van der Waals surface area contributed by atoms with Crippen molar-refractivity contribution >= 4 is 62.7 Å². The maximum absolute atomic E-state index is 6.02. The third kappa shape index (κ3) is 3.34. The van der Waals surface area contributed by atoms with Gasteiger partial charge in [-0.3, -0.25) is 10.2 Å². The molecule has 6 N–H and O–H groups in total. The van der Waals surface area contributed by atoms with Gasteiger partial charge in [-0.1, -0.05) is 42.8 Å². The molecule has 0 bridgehead atoms. The van der Waals surface area contributed by atoms with Gasteiger partial charge in [0.05, 0.1) is 11.0 Å². The minimum Gasteiger partial charge on any atom is -0.382 e. The first-order chi connectivity index (χ1) is 12.4. The van der Waals surface area contributed by atoms with Crippen LogP contribution in [0.25, 0.3) is 27.9 Å². The molecule has 0 aliphatic rings. The third-order valence-corrected chi connectivity index (χ3v) is 4.75. The lowest BCUT2D eigenvalue weighted by molar-refractivity contribution is 1.12. The predicted molar refractivity (Wildman–Crippen MR) is 111 cm³/mol. The van der Waals surface area contributed by atoms with Gasteiger partial charge in [-0.2, -0.15) is 10.2 Å². The first kappa shape index (κ1) is 18.1. The van der Waals surface area contributed by atoms with Crippen molar-refractivity contribution in [1.82, 2.24) is 20.4 Å². The Morgan fingerprint density at radius 2 is 1.50 bits per heavy atom. The molecule has 4 rings (SSSR count). The average Bonchev–Trinajstić information content (AvgIpc) is 3.16. The lowest BCUT2D eigenvalue weighted by Crippen LogP contribution is -1.86. The van der Waals surface area contributed by atoms with E-state index in [4.69, 9.17) is 34.7 Å². The highest BCUT2D eigenvalue weighted by atomic mass is 35.5. The molecular formula is C18H18Cl2N6. The Morgan fingerprint density at radius 3 is 2.04 bits per heavy atom. The molecule has 134 valence electrons. The van der Waals surface area contributed by atoms with E-state index in [1.807, 2.05) is 18.2 Å². The van der Waals surface area contributed by atoms with Crippen molar-refractivity contribution in [2.75, 3.05) is 11.5 Å². The van der Waals surface area contributed by atoms with Gasteiger partial charge in [-0.15, -0.1) is 0 Å². The largest absolute Gasteiger partial charge is 0.382 e. The van der Waals surface area contributed by atoms with Crippen LogP contribution in [0, 0.1) is 0 Å². The molecular weight excluding hydrogens is 371 g/mol. The second kappa shape index (κ2) is 7.27. The molecule has 0 radical (unpaired) electrons. The SMILES string of the molecule is C=Cc1cc2c(N)n[nH]c2cc1Cl.CCc1cc2c(N)n[nH]c2cc1Cl. The van der Waals surface area contributed by atoms with Gasteiger partial charge in [-0.05, 0) is 41.8 Å². The highest BCUT2D eigenvalue weighted by Gasteiger charge is 2.06. The summed E-state index contributed by atoms with van der Waals surface area (Å²) >= 11 is 12.0. The number of rotatable bonds is 2. The number of hydrogen-bond acceptors (Lipinski definition) is 4. The molecule has 0 amide bonds. The van der Waals surface area contributed by atoms with Crippen molar-refractivity contribution in [2.24, 2.45) is 0 Å². The number of halogens is 2. The van der Waals surface area contributed by atoms with Gasteiger partial charge >= 0.3 is 0 Å². The van der Waals surface area contributed by atoms with Gasteiger partial charge in [0.1, 0.15) is 0 Å². The van der Waals surface area contributed by atoms with Gasteiger partial charge in [0, 0.05) is 20.8 Å². The molecule has 2 heterocycles. The zero-order valence-electron chi connectivity index (χ0n) is 14.1. The summed E-state index contributed by atoms with van der Waals surface area (Å²) in [5.41, 5.74) is 15.0. The lowest BCUT2D eigenvalue weighted by atomic mass is 10.1. The van der Waals surface area contributed by atoms with Crippen LogP contribution in [-0.2, 0) is 6.42 Å². The third-order valence-electron chi connectivity index (χ3n) is 4.07. The molecule has 0 fully saturated rings. The molecule has 6 nitrogen and oxygen atoms in total. The quantitative estimate of drug-likeness (QED) is 0.395. The first-order valence-corrected chi connectivity index (χ1v) is 8.67. The number of nitrogen functional groups attached to an aromatic ring is 2. The summed E-state index contributed by atoms with van der Waals surface area (Å²) < 4.78 is 0.